The van der Waals surface area contributed by atoms with E-state index in [9.17, 15) is 0 Å². The van der Waals surface area contributed by atoms with Gasteiger partial charge in [0.1, 0.15) is 0 Å². The molecule has 0 radical (unpaired) electrons. The molecule has 0 aliphatic rings. The summed E-state index contributed by atoms with van der Waals surface area (Å²) in [7, 11) is 0. The molecule has 0 aliphatic heterocycles. The molecule has 0 saturated carbocycles. The molecule has 0 saturated heterocycles. The SMILES string of the molecule is NCC(CCO)c1ccc(Cl)cc1Cl. The lowest BCUT2D eigenvalue weighted by Crippen LogP contribution is -2.14. The minimum Gasteiger partial charge on any atom is -0.396 e. The summed E-state index contributed by atoms with van der Waals surface area (Å²) in [6.07, 6.45) is 0.623. The van der Waals surface area contributed by atoms with E-state index in [0.29, 0.717) is 23.0 Å². The van der Waals surface area contributed by atoms with Crippen molar-refractivity contribution in [3.63, 3.8) is 0 Å². The topological polar surface area (TPSA) is 46.2 Å². The number of aliphatic hydroxyl groups is 1. The Labute approximate surface area is 93.6 Å². The normalized spacial score (nSPS) is 12.9. The molecule has 0 heterocycles. The predicted octanol–water partition coefficient (Wildman–Crippen LogP) is 2.42. The van der Waals surface area contributed by atoms with Gasteiger partial charge in [-0.1, -0.05) is 29.3 Å². The molecule has 1 aromatic carbocycles. The average molecular weight is 234 g/mol. The van der Waals surface area contributed by atoms with Crippen LogP contribution < -0.4 is 5.73 Å². The van der Waals surface area contributed by atoms with E-state index in [4.69, 9.17) is 34.0 Å². The third-order valence-electron chi connectivity index (χ3n) is 2.16. The first-order chi connectivity index (χ1) is 6.69. The third kappa shape index (κ3) is 2.85. The van der Waals surface area contributed by atoms with E-state index in [1.807, 2.05) is 6.07 Å². The molecule has 0 aromatic heterocycles. The maximum atomic E-state index is 8.85. The Bertz CT molecular complexity index is 304. The van der Waals surface area contributed by atoms with Crippen LogP contribution in [-0.2, 0) is 0 Å². The van der Waals surface area contributed by atoms with Crippen LogP contribution in [0.25, 0.3) is 0 Å². The molecule has 1 aromatic rings. The summed E-state index contributed by atoms with van der Waals surface area (Å²) >= 11 is 11.8. The lowest BCUT2D eigenvalue weighted by atomic mass is 9.96. The van der Waals surface area contributed by atoms with Crippen molar-refractivity contribution in [1.29, 1.82) is 0 Å². The standard InChI is InChI=1S/C10H13Cl2NO/c11-8-1-2-9(10(12)5-8)7(6-13)3-4-14/h1-2,5,7,14H,3-4,6,13H2. The van der Waals surface area contributed by atoms with Gasteiger partial charge in [-0.05, 0) is 36.6 Å². The fraction of sp³-hybridized carbons (Fsp3) is 0.400. The van der Waals surface area contributed by atoms with Crippen LogP contribution in [-0.4, -0.2) is 18.3 Å². The predicted molar refractivity (Wildman–Crippen MR) is 60.0 cm³/mol. The average Bonchev–Trinajstić information content (AvgIpc) is 2.15. The van der Waals surface area contributed by atoms with Gasteiger partial charge in [0.15, 0.2) is 0 Å². The Hall–Kier alpha value is -0.280. The van der Waals surface area contributed by atoms with E-state index in [-0.39, 0.29) is 12.5 Å². The van der Waals surface area contributed by atoms with Gasteiger partial charge < -0.3 is 10.8 Å². The maximum Gasteiger partial charge on any atom is 0.0456 e. The van der Waals surface area contributed by atoms with E-state index < -0.39 is 0 Å². The largest absolute Gasteiger partial charge is 0.396 e. The molecule has 14 heavy (non-hydrogen) atoms. The van der Waals surface area contributed by atoms with Crippen LogP contribution in [0.4, 0.5) is 0 Å². The lowest BCUT2D eigenvalue weighted by molar-refractivity contribution is 0.276. The second kappa shape index (κ2) is 5.56. The Kier molecular flexibility index (Phi) is 4.69. The fourth-order valence-corrected chi connectivity index (χ4v) is 1.95. The van der Waals surface area contributed by atoms with Crippen molar-refractivity contribution in [3.05, 3.63) is 33.8 Å². The number of nitrogens with two attached hydrogens (primary N) is 1. The second-order valence-corrected chi connectivity index (χ2v) is 3.95. The summed E-state index contributed by atoms with van der Waals surface area (Å²) in [5.74, 6) is 0.102. The van der Waals surface area contributed by atoms with Gasteiger partial charge in [0.05, 0.1) is 0 Å². The number of hydrogen-bond acceptors (Lipinski definition) is 2. The van der Waals surface area contributed by atoms with Gasteiger partial charge in [-0.25, -0.2) is 0 Å². The minimum atomic E-state index is 0.102. The molecule has 4 heteroatoms. The zero-order valence-corrected chi connectivity index (χ0v) is 9.22. The first kappa shape index (κ1) is 11.8. The van der Waals surface area contributed by atoms with Gasteiger partial charge in [-0.15, -0.1) is 0 Å². The highest BCUT2D eigenvalue weighted by atomic mass is 35.5. The van der Waals surface area contributed by atoms with Crippen LogP contribution in [0.2, 0.25) is 10.0 Å². The molecule has 78 valence electrons. The van der Waals surface area contributed by atoms with Crippen molar-refractivity contribution in [2.24, 2.45) is 5.73 Å². The van der Waals surface area contributed by atoms with Crippen molar-refractivity contribution in [1.82, 2.24) is 0 Å². The number of aliphatic hydroxyl groups excluding tert-OH is 1. The van der Waals surface area contributed by atoms with E-state index in [1.54, 1.807) is 12.1 Å². The molecular weight excluding hydrogens is 221 g/mol. The monoisotopic (exact) mass is 233 g/mol. The molecule has 2 nitrogen and oxygen atoms in total. The molecule has 0 bridgehead atoms. The van der Waals surface area contributed by atoms with E-state index in [2.05, 4.69) is 0 Å². The summed E-state index contributed by atoms with van der Waals surface area (Å²) in [6, 6.07) is 5.33. The van der Waals surface area contributed by atoms with Crippen LogP contribution in [0.5, 0.6) is 0 Å². The van der Waals surface area contributed by atoms with Crippen molar-refractivity contribution >= 4 is 23.2 Å². The number of hydrogen-bond donors (Lipinski definition) is 2. The molecule has 0 aliphatic carbocycles. The maximum absolute atomic E-state index is 8.85. The van der Waals surface area contributed by atoms with Gasteiger partial charge in [-0.3, -0.25) is 0 Å². The molecule has 1 rings (SSSR count). The van der Waals surface area contributed by atoms with Gasteiger partial charge in [0.25, 0.3) is 0 Å². The van der Waals surface area contributed by atoms with Crippen molar-refractivity contribution in [3.8, 4) is 0 Å². The van der Waals surface area contributed by atoms with Gasteiger partial charge in [0, 0.05) is 16.7 Å². The summed E-state index contributed by atoms with van der Waals surface area (Å²) < 4.78 is 0. The zero-order chi connectivity index (χ0) is 10.6. The van der Waals surface area contributed by atoms with E-state index in [1.165, 1.54) is 0 Å². The highest BCUT2D eigenvalue weighted by molar-refractivity contribution is 6.35. The molecule has 1 atom stereocenters. The highest BCUT2D eigenvalue weighted by Gasteiger charge is 2.12. The Morgan fingerprint density at radius 2 is 2.07 bits per heavy atom. The van der Waals surface area contributed by atoms with Crippen LogP contribution in [0.1, 0.15) is 17.9 Å². The number of benzene rings is 1. The van der Waals surface area contributed by atoms with Gasteiger partial charge in [-0.2, -0.15) is 0 Å². The molecule has 0 amide bonds. The Morgan fingerprint density at radius 3 is 2.57 bits per heavy atom. The smallest absolute Gasteiger partial charge is 0.0456 e. The van der Waals surface area contributed by atoms with Gasteiger partial charge in [0.2, 0.25) is 0 Å². The number of rotatable bonds is 4. The minimum absolute atomic E-state index is 0.102. The third-order valence-corrected chi connectivity index (χ3v) is 2.73. The van der Waals surface area contributed by atoms with Crippen molar-refractivity contribution in [2.75, 3.05) is 13.2 Å². The Morgan fingerprint density at radius 1 is 1.36 bits per heavy atom. The van der Waals surface area contributed by atoms with Crippen LogP contribution >= 0.6 is 23.2 Å². The first-order valence-electron chi connectivity index (χ1n) is 4.45. The highest BCUT2D eigenvalue weighted by Crippen LogP contribution is 2.28. The molecule has 3 N–H and O–H groups in total. The van der Waals surface area contributed by atoms with Crippen LogP contribution in [0.15, 0.2) is 18.2 Å². The summed E-state index contributed by atoms with van der Waals surface area (Å²) in [6.45, 7) is 0.586. The fourth-order valence-electron chi connectivity index (χ4n) is 1.39. The molecular formula is C10H13Cl2NO. The lowest BCUT2D eigenvalue weighted by Gasteiger charge is -2.15. The zero-order valence-electron chi connectivity index (χ0n) is 7.71. The van der Waals surface area contributed by atoms with Crippen LogP contribution in [0.3, 0.4) is 0 Å². The summed E-state index contributed by atoms with van der Waals surface area (Å²) in [5, 5.41) is 10.1. The number of halogens is 2. The van der Waals surface area contributed by atoms with Gasteiger partial charge >= 0.3 is 0 Å². The van der Waals surface area contributed by atoms with Crippen molar-refractivity contribution in [2.45, 2.75) is 12.3 Å². The molecule has 0 spiro atoms. The molecule has 1 unspecified atom stereocenters. The van der Waals surface area contributed by atoms with Crippen LogP contribution in [0, 0.1) is 0 Å². The van der Waals surface area contributed by atoms with E-state index in [0.717, 1.165) is 5.56 Å². The van der Waals surface area contributed by atoms with E-state index >= 15 is 0 Å². The first-order valence-corrected chi connectivity index (χ1v) is 5.20. The summed E-state index contributed by atoms with van der Waals surface area (Å²) in [5.41, 5.74) is 6.55. The Balaban J connectivity index is 2.92. The summed E-state index contributed by atoms with van der Waals surface area (Å²) in [4.78, 5) is 0. The molecule has 0 fully saturated rings. The van der Waals surface area contributed by atoms with Crippen molar-refractivity contribution < 1.29 is 5.11 Å². The quantitative estimate of drug-likeness (QED) is 0.840. The second-order valence-electron chi connectivity index (χ2n) is 3.11.